The lowest BCUT2D eigenvalue weighted by atomic mass is 10.2. The highest BCUT2D eigenvalue weighted by Gasteiger charge is 2.20. The predicted molar refractivity (Wildman–Crippen MR) is 79.7 cm³/mol. The second-order valence-corrected chi connectivity index (χ2v) is 6.08. The summed E-state index contributed by atoms with van der Waals surface area (Å²) in [7, 11) is 0. The van der Waals surface area contributed by atoms with E-state index in [-0.39, 0.29) is 11.6 Å². The molecule has 1 aliphatic rings. The van der Waals surface area contributed by atoms with Gasteiger partial charge in [0.05, 0.1) is 5.56 Å². The molecular formula is C14H20N2O3S. The van der Waals surface area contributed by atoms with E-state index in [0.717, 1.165) is 50.1 Å². The van der Waals surface area contributed by atoms with Crippen molar-refractivity contribution in [2.75, 3.05) is 18.4 Å². The molecule has 2 N–H and O–H groups in total. The Morgan fingerprint density at radius 1 is 1.30 bits per heavy atom. The molecule has 20 heavy (non-hydrogen) atoms. The number of carbonyl (C=O) groups is 2. The maximum atomic E-state index is 12.2. The van der Waals surface area contributed by atoms with Crippen molar-refractivity contribution >= 4 is 28.3 Å². The van der Waals surface area contributed by atoms with Gasteiger partial charge in [0.1, 0.15) is 5.00 Å². The van der Waals surface area contributed by atoms with Crippen LogP contribution in [0.4, 0.5) is 9.80 Å². The minimum atomic E-state index is -0.993. The highest BCUT2D eigenvalue weighted by atomic mass is 32.1. The fourth-order valence-electron chi connectivity index (χ4n) is 2.32. The number of nitrogens with one attached hydrogen (secondary N) is 1. The molecule has 0 saturated carbocycles. The number of hydrogen-bond acceptors (Lipinski definition) is 3. The Bertz CT molecular complexity index is 491. The lowest BCUT2D eigenvalue weighted by molar-refractivity contribution is 0.0698. The highest BCUT2D eigenvalue weighted by Crippen LogP contribution is 2.29. The van der Waals surface area contributed by atoms with Crippen molar-refractivity contribution in [1.82, 2.24) is 4.90 Å². The van der Waals surface area contributed by atoms with Gasteiger partial charge in [0.25, 0.3) is 0 Å². The van der Waals surface area contributed by atoms with E-state index >= 15 is 0 Å². The van der Waals surface area contributed by atoms with Gasteiger partial charge < -0.3 is 10.0 Å². The molecule has 5 nitrogen and oxygen atoms in total. The number of carboxylic acids is 1. The van der Waals surface area contributed by atoms with E-state index in [0.29, 0.717) is 5.00 Å². The van der Waals surface area contributed by atoms with Gasteiger partial charge in [-0.1, -0.05) is 19.8 Å². The molecule has 0 aliphatic carbocycles. The monoisotopic (exact) mass is 296 g/mol. The molecule has 1 aromatic heterocycles. The molecule has 1 aliphatic heterocycles. The van der Waals surface area contributed by atoms with E-state index in [9.17, 15) is 14.7 Å². The zero-order chi connectivity index (χ0) is 14.5. The molecule has 0 radical (unpaired) electrons. The third-order valence-electron chi connectivity index (χ3n) is 3.48. The number of likely N-dealkylation sites (tertiary alicyclic amines) is 1. The summed E-state index contributed by atoms with van der Waals surface area (Å²) in [4.78, 5) is 26.2. The number of carboxylic acid groups (broad SMARTS) is 1. The summed E-state index contributed by atoms with van der Waals surface area (Å²) >= 11 is 1.35. The van der Waals surface area contributed by atoms with Gasteiger partial charge in [0.15, 0.2) is 0 Å². The summed E-state index contributed by atoms with van der Waals surface area (Å²) in [5, 5.41) is 12.4. The van der Waals surface area contributed by atoms with Gasteiger partial charge in [-0.25, -0.2) is 9.59 Å². The molecule has 0 unspecified atom stereocenters. The lowest BCUT2D eigenvalue weighted by Gasteiger charge is -2.20. The van der Waals surface area contributed by atoms with Gasteiger partial charge in [-0.2, -0.15) is 0 Å². The van der Waals surface area contributed by atoms with Crippen LogP contribution in [0.1, 0.15) is 47.8 Å². The molecule has 0 spiro atoms. The second kappa shape index (κ2) is 6.74. The molecule has 1 aromatic rings. The number of urea groups is 1. The molecule has 2 rings (SSSR count). The number of carbonyl (C=O) groups excluding carboxylic acids is 1. The van der Waals surface area contributed by atoms with Crippen LogP contribution in [0.25, 0.3) is 0 Å². The zero-order valence-corrected chi connectivity index (χ0v) is 12.5. The number of amides is 2. The van der Waals surface area contributed by atoms with Crippen LogP contribution < -0.4 is 5.32 Å². The minimum Gasteiger partial charge on any atom is -0.478 e. The molecule has 110 valence electrons. The van der Waals surface area contributed by atoms with Crippen LogP contribution >= 0.6 is 11.3 Å². The van der Waals surface area contributed by atoms with Crippen LogP contribution in [0.15, 0.2) is 6.07 Å². The molecule has 2 amide bonds. The first kappa shape index (κ1) is 14.8. The summed E-state index contributed by atoms with van der Waals surface area (Å²) in [6, 6.07) is 1.46. The average molecular weight is 296 g/mol. The van der Waals surface area contributed by atoms with Gasteiger partial charge >= 0.3 is 12.0 Å². The smallest absolute Gasteiger partial charge is 0.338 e. The summed E-state index contributed by atoms with van der Waals surface area (Å²) in [6.45, 7) is 3.47. The maximum Gasteiger partial charge on any atom is 0.338 e. The lowest BCUT2D eigenvalue weighted by Crippen LogP contribution is -2.35. The molecule has 2 heterocycles. The molecule has 1 saturated heterocycles. The number of nitrogens with zero attached hydrogens (tertiary/aromatic N) is 1. The quantitative estimate of drug-likeness (QED) is 0.898. The largest absolute Gasteiger partial charge is 0.478 e. The standard InChI is InChI=1S/C14H20N2O3S/c1-2-10-9-11(13(17)18)12(20-10)15-14(19)16-7-5-3-4-6-8-16/h9H,2-8H2,1H3,(H,15,19)(H,17,18). The van der Waals surface area contributed by atoms with E-state index in [1.165, 1.54) is 11.3 Å². The van der Waals surface area contributed by atoms with Crippen molar-refractivity contribution in [2.24, 2.45) is 0 Å². The number of thiophene rings is 1. The Kier molecular flexibility index (Phi) is 5.00. The van der Waals surface area contributed by atoms with Crippen molar-refractivity contribution in [3.63, 3.8) is 0 Å². The molecule has 6 heteroatoms. The fourth-order valence-corrected chi connectivity index (χ4v) is 3.30. The fraction of sp³-hybridized carbons (Fsp3) is 0.571. The Morgan fingerprint density at radius 3 is 2.50 bits per heavy atom. The van der Waals surface area contributed by atoms with Crippen LogP contribution in [0.3, 0.4) is 0 Å². The van der Waals surface area contributed by atoms with E-state index in [1.807, 2.05) is 6.92 Å². The first-order valence-electron chi connectivity index (χ1n) is 7.03. The summed E-state index contributed by atoms with van der Waals surface area (Å²) in [5.74, 6) is -0.993. The molecular weight excluding hydrogens is 276 g/mol. The first-order valence-corrected chi connectivity index (χ1v) is 7.85. The van der Waals surface area contributed by atoms with Crippen molar-refractivity contribution < 1.29 is 14.7 Å². The summed E-state index contributed by atoms with van der Waals surface area (Å²) in [6.07, 6.45) is 5.12. The van der Waals surface area contributed by atoms with E-state index in [1.54, 1.807) is 11.0 Å². The molecule has 0 atom stereocenters. The van der Waals surface area contributed by atoms with Gasteiger partial charge in [0, 0.05) is 18.0 Å². The van der Waals surface area contributed by atoms with Gasteiger partial charge in [-0.3, -0.25) is 5.32 Å². The van der Waals surface area contributed by atoms with Crippen LogP contribution in [-0.4, -0.2) is 35.1 Å². The number of rotatable bonds is 3. The van der Waals surface area contributed by atoms with Gasteiger partial charge in [-0.05, 0) is 25.3 Å². The predicted octanol–water partition coefficient (Wildman–Crippen LogP) is 3.42. The Morgan fingerprint density at radius 2 is 1.95 bits per heavy atom. The summed E-state index contributed by atoms with van der Waals surface area (Å²) < 4.78 is 0. The van der Waals surface area contributed by atoms with Gasteiger partial charge in [0.2, 0.25) is 0 Å². The van der Waals surface area contributed by atoms with Crippen LogP contribution in [-0.2, 0) is 6.42 Å². The van der Waals surface area contributed by atoms with E-state index in [4.69, 9.17) is 0 Å². The molecule has 0 aromatic carbocycles. The average Bonchev–Trinajstić information content (AvgIpc) is 2.65. The summed E-state index contributed by atoms with van der Waals surface area (Å²) in [5.41, 5.74) is 0.190. The van der Waals surface area contributed by atoms with E-state index < -0.39 is 5.97 Å². The topological polar surface area (TPSA) is 69.6 Å². The van der Waals surface area contributed by atoms with Crippen LogP contribution in [0.5, 0.6) is 0 Å². The molecule has 1 fully saturated rings. The Balaban J connectivity index is 2.10. The maximum absolute atomic E-state index is 12.2. The third kappa shape index (κ3) is 3.50. The highest BCUT2D eigenvalue weighted by molar-refractivity contribution is 7.16. The molecule has 0 bridgehead atoms. The number of anilines is 1. The van der Waals surface area contributed by atoms with Crippen molar-refractivity contribution in [2.45, 2.75) is 39.0 Å². The van der Waals surface area contributed by atoms with Crippen LogP contribution in [0.2, 0.25) is 0 Å². The van der Waals surface area contributed by atoms with Gasteiger partial charge in [-0.15, -0.1) is 11.3 Å². The first-order chi connectivity index (χ1) is 9.61. The Labute approximate surface area is 122 Å². The SMILES string of the molecule is CCc1cc(C(=O)O)c(NC(=O)N2CCCCCC2)s1. The zero-order valence-electron chi connectivity index (χ0n) is 11.6. The van der Waals surface area contributed by atoms with Crippen molar-refractivity contribution in [3.8, 4) is 0 Å². The third-order valence-corrected chi connectivity index (χ3v) is 4.67. The second-order valence-electron chi connectivity index (χ2n) is 4.95. The minimum absolute atomic E-state index is 0.182. The number of aromatic carboxylic acids is 1. The van der Waals surface area contributed by atoms with Crippen molar-refractivity contribution in [3.05, 3.63) is 16.5 Å². The number of aryl methyl sites for hydroxylation is 1. The normalized spacial score (nSPS) is 15.8. The van der Waals surface area contributed by atoms with Crippen LogP contribution in [0, 0.1) is 0 Å². The Hall–Kier alpha value is -1.56. The van der Waals surface area contributed by atoms with Crippen molar-refractivity contribution in [1.29, 1.82) is 0 Å². The number of hydrogen-bond donors (Lipinski definition) is 2. The van der Waals surface area contributed by atoms with E-state index in [2.05, 4.69) is 5.32 Å².